The second kappa shape index (κ2) is 8.18. The number of aliphatic carboxylic acids is 1. The number of nitrogens with zero attached hydrogens (tertiary/aromatic N) is 1. The number of likely N-dealkylation sites (tertiary alicyclic amines) is 1. The van der Waals surface area contributed by atoms with Crippen LogP contribution in [0.5, 0.6) is 0 Å². The highest BCUT2D eigenvalue weighted by atomic mass is 32.2. The van der Waals surface area contributed by atoms with Gasteiger partial charge < -0.3 is 15.3 Å². The van der Waals surface area contributed by atoms with Crippen molar-refractivity contribution in [3.63, 3.8) is 0 Å². The maximum absolute atomic E-state index is 11.8. The van der Waals surface area contributed by atoms with Gasteiger partial charge in [0.25, 0.3) is 0 Å². The number of carboxylic acid groups (broad SMARTS) is 1. The number of nitrogens with one attached hydrogen (secondary N) is 2. The fourth-order valence-electron chi connectivity index (χ4n) is 2.24. The molecule has 0 aromatic rings. The molecule has 122 valence electrons. The maximum atomic E-state index is 11.8. The van der Waals surface area contributed by atoms with E-state index in [1.54, 1.807) is 4.90 Å². The zero-order valence-corrected chi connectivity index (χ0v) is 13.0. The van der Waals surface area contributed by atoms with Crippen LogP contribution in [-0.4, -0.2) is 62.9 Å². The molecular formula is C12H23N3O5S. The van der Waals surface area contributed by atoms with E-state index in [2.05, 4.69) is 10.0 Å². The molecular weight excluding hydrogens is 298 g/mol. The minimum atomic E-state index is -3.18. The van der Waals surface area contributed by atoms with Gasteiger partial charge in [-0.15, -0.1) is 0 Å². The Labute approximate surface area is 124 Å². The zero-order chi connectivity index (χ0) is 15.9. The summed E-state index contributed by atoms with van der Waals surface area (Å²) in [6.45, 7) is 1.81. The number of urea groups is 1. The summed E-state index contributed by atoms with van der Waals surface area (Å²) in [5.74, 6) is -0.651. The standard InChI is InChI=1S/C12H23N3O5S/c1-21(19,20)14-6-2-5-13-12(18)15-7-3-10(4-8-15)9-11(16)17/h10,14H,2-9H2,1H3,(H,13,18)(H,16,17). The van der Waals surface area contributed by atoms with Crippen molar-refractivity contribution in [1.29, 1.82) is 0 Å². The minimum absolute atomic E-state index is 0.144. The Morgan fingerprint density at radius 1 is 1.24 bits per heavy atom. The fraction of sp³-hybridized carbons (Fsp3) is 0.833. The van der Waals surface area contributed by atoms with Gasteiger partial charge in [-0.1, -0.05) is 0 Å². The molecule has 0 spiro atoms. The molecule has 0 aliphatic carbocycles. The lowest BCUT2D eigenvalue weighted by molar-refractivity contribution is -0.138. The normalized spacial score (nSPS) is 16.7. The van der Waals surface area contributed by atoms with Crippen molar-refractivity contribution in [2.75, 3.05) is 32.4 Å². The fourth-order valence-corrected chi connectivity index (χ4v) is 2.76. The first-order valence-electron chi connectivity index (χ1n) is 6.97. The third-order valence-corrected chi connectivity index (χ3v) is 4.09. The molecule has 0 unspecified atom stereocenters. The molecule has 21 heavy (non-hydrogen) atoms. The third-order valence-electron chi connectivity index (χ3n) is 3.36. The Morgan fingerprint density at radius 3 is 2.38 bits per heavy atom. The van der Waals surface area contributed by atoms with E-state index in [1.807, 2.05) is 0 Å². The summed E-state index contributed by atoms with van der Waals surface area (Å²) in [6, 6.07) is -0.178. The molecule has 1 fully saturated rings. The van der Waals surface area contributed by atoms with Crippen LogP contribution in [0.25, 0.3) is 0 Å². The van der Waals surface area contributed by atoms with Crippen LogP contribution in [0.3, 0.4) is 0 Å². The second-order valence-electron chi connectivity index (χ2n) is 5.28. The largest absolute Gasteiger partial charge is 0.481 e. The van der Waals surface area contributed by atoms with Crippen molar-refractivity contribution in [2.24, 2.45) is 5.92 Å². The van der Waals surface area contributed by atoms with Gasteiger partial charge in [0.05, 0.1) is 6.26 Å². The first-order chi connectivity index (χ1) is 9.78. The van der Waals surface area contributed by atoms with Crippen LogP contribution in [0.4, 0.5) is 4.79 Å². The van der Waals surface area contributed by atoms with Gasteiger partial charge in [0, 0.05) is 32.6 Å². The van der Waals surface area contributed by atoms with E-state index in [4.69, 9.17) is 5.11 Å². The lowest BCUT2D eigenvalue weighted by Crippen LogP contribution is -2.45. The van der Waals surface area contributed by atoms with Crippen molar-refractivity contribution >= 4 is 22.0 Å². The van der Waals surface area contributed by atoms with Crippen molar-refractivity contribution < 1.29 is 23.1 Å². The summed E-state index contributed by atoms with van der Waals surface area (Å²) in [7, 11) is -3.18. The molecule has 0 radical (unpaired) electrons. The van der Waals surface area contributed by atoms with Crippen molar-refractivity contribution in [3.05, 3.63) is 0 Å². The van der Waals surface area contributed by atoms with Crippen LogP contribution in [0.2, 0.25) is 0 Å². The van der Waals surface area contributed by atoms with Crippen molar-refractivity contribution in [2.45, 2.75) is 25.7 Å². The van der Waals surface area contributed by atoms with Crippen LogP contribution >= 0.6 is 0 Å². The SMILES string of the molecule is CS(=O)(=O)NCCCNC(=O)N1CCC(CC(=O)O)CC1. The number of carboxylic acids is 1. The number of rotatable bonds is 7. The Balaban J connectivity index is 2.15. The topological polar surface area (TPSA) is 116 Å². The molecule has 0 bridgehead atoms. The molecule has 8 nitrogen and oxygen atoms in total. The first-order valence-corrected chi connectivity index (χ1v) is 8.86. The minimum Gasteiger partial charge on any atom is -0.481 e. The molecule has 1 saturated heterocycles. The molecule has 0 aromatic carbocycles. The number of hydrogen-bond acceptors (Lipinski definition) is 4. The molecule has 9 heteroatoms. The van der Waals surface area contributed by atoms with Crippen LogP contribution < -0.4 is 10.0 Å². The number of piperidine rings is 1. The van der Waals surface area contributed by atoms with Gasteiger partial charge in [0.15, 0.2) is 0 Å². The van der Waals surface area contributed by atoms with E-state index < -0.39 is 16.0 Å². The Kier molecular flexibility index (Phi) is 6.90. The summed E-state index contributed by atoms with van der Waals surface area (Å²) in [5.41, 5.74) is 0. The summed E-state index contributed by atoms with van der Waals surface area (Å²) in [6.07, 6.45) is 3.18. The monoisotopic (exact) mass is 321 g/mol. The number of hydrogen-bond donors (Lipinski definition) is 3. The van der Waals surface area contributed by atoms with Crippen molar-refractivity contribution in [3.8, 4) is 0 Å². The average molecular weight is 321 g/mol. The van der Waals surface area contributed by atoms with E-state index in [9.17, 15) is 18.0 Å². The number of carbonyl (C=O) groups excluding carboxylic acids is 1. The van der Waals surface area contributed by atoms with E-state index in [1.165, 1.54) is 0 Å². The van der Waals surface area contributed by atoms with Gasteiger partial charge in [-0.3, -0.25) is 4.79 Å². The summed E-state index contributed by atoms with van der Waals surface area (Å²) in [5, 5.41) is 11.5. The first kappa shape index (κ1) is 17.7. The number of sulfonamides is 1. The highest BCUT2D eigenvalue weighted by Crippen LogP contribution is 2.20. The Bertz CT molecular complexity index is 458. The van der Waals surface area contributed by atoms with Crippen molar-refractivity contribution in [1.82, 2.24) is 14.9 Å². The van der Waals surface area contributed by atoms with Gasteiger partial charge in [0.2, 0.25) is 10.0 Å². The molecule has 2 amide bonds. The van der Waals surface area contributed by atoms with E-state index >= 15 is 0 Å². The molecule has 0 atom stereocenters. The lowest BCUT2D eigenvalue weighted by atomic mass is 9.94. The van der Waals surface area contributed by atoms with Gasteiger partial charge in [-0.25, -0.2) is 17.9 Å². The summed E-state index contributed by atoms with van der Waals surface area (Å²) < 4.78 is 24.0. The average Bonchev–Trinajstić information content (AvgIpc) is 2.37. The summed E-state index contributed by atoms with van der Waals surface area (Å²) in [4.78, 5) is 24.1. The molecule has 0 aromatic heterocycles. The zero-order valence-electron chi connectivity index (χ0n) is 12.2. The number of carbonyl (C=O) groups is 2. The van der Waals surface area contributed by atoms with E-state index in [0.717, 1.165) is 6.26 Å². The van der Waals surface area contributed by atoms with E-state index in [-0.39, 0.29) is 18.4 Å². The predicted molar refractivity (Wildman–Crippen MR) is 77.4 cm³/mol. The molecule has 1 aliphatic heterocycles. The van der Waals surface area contributed by atoms with Gasteiger partial charge >= 0.3 is 12.0 Å². The smallest absolute Gasteiger partial charge is 0.317 e. The Morgan fingerprint density at radius 2 is 1.86 bits per heavy atom. The van der Waals surface area contributed by atoms with Crippen LogP contribution in [0, 0.1) is 5.92 Å². The van der Waals surface area contributed by atoms with Crippen LogP contribution in [0.15, 0.2) is 0 Å². The Hall–Kier alpha value is -1.35. The quantitative estimate of drug-likeness (QED) is 0.563. The third kappa shape index (κ3) is 7.86. The predicted octanol–water partition coefficient (Wildman–Crippen LogP) is -0.178. The van der Waals surface area contributed by atoms with Crippen LogP contribution in [0.1, 0.15) is 25.7 Å². The highest BCUT2D eigenvalue weighted by Gasteiger charge is 2.23. The maximum Gasteiger partial charge on any atom is 0.317 e. The number of amides is 2. The van der Waals surface area contributed by atoms with Gasteiger partial charge in [-0.2, -0.15) is 0 Å². The molecule has 0 saturated carbocycles. The molecule has 1 heterocycles. The van der Waals surface area contributed by atoms with Gasteiger partial charge in [-0.05, 0) is 25.2 Å². The van der Waals surface area contributed by atoms with Gasteiger partial charge in [0.1, 0.15) is 0 Å². The second-order valence-corrected chi connectivity index (χ2v) is 7.11. The highest BCUT2D eigenvalue weighted by molar-refractivity contribution is 7.88. The summed E-state index contributed by atoms with van der Waals surface area (Å²) >= 11 is 0. The lowest BCUT2D eigenvalue weighted by Gasteiger charge is -2.31. The molecule has 3 N–H and O–H groups in total. The van der Waals surface area contributed by atoms with E-state index in [0.29, 0.717) is 45.4 Å². The molecule has 1 rings (SSSR count). The van der Waals surface area contributed by atoms with Crippen LogP contribution in [-0.2, 0) is 14.8 Å². The molecule has 1 aliphatic rings.